The lowest BCUT2D eigenvalue weighted by Gasteiger charge is -2.18. The van der Waals surface area contributed by atoms with Crippen molar-refractivity contribution in [3.63, 3.8) is 0 Å². The van der Waals surface area contributed by atoms with Crippen LogP contribution < -0.4 is 9.64 Å². The maximum absolute atomic E-state index is 12.6. The third kappa shape index (κ3) is 4.68. The van der Waals surface area contributed by atoms with E-state index in [2.05, 4.69) is 6.92 Å². The predicted molar refractivity (Wildman–Crippen MR) is 118 cm³/mol. The monoisotopic (exact) mass is 433 g/mol. The standard InChI is InChI=1S/C22H25Cl2N3O2/c1-4-6-9-20(28)26(3)22-18(5-2)25-21-19(8-7-12-27(21)22)29-14-15-10-11-16(23)13-17(15)24/h7-8,10-13H,4-6,9,14H2,1-3H3. The Hall–Kier alpha value is -2.24. The van der Waals surface area contributed by atoms with Gasteiger partial charge in [0.05, 0.1) is 5.69 Å². The van der Waals surface area contributed by atoms with Gasteiger partial charge in [0.2, 0.25) is 5.91 Å². The van der Waals surface area contributed by atoms with Crippen molar-refractivity contribution in [1.29, 1.82) is 0 Å². The molecule has 0 saturated carbocycles. The van der Waals surface area contributed by atoms with Crippen molar-refractivity contribution in [3.8, 4) is 5.75 Å². The molecule has 3 aromatic rings. The van der Waals surface area contributed by atoms with E-state index < -0.39 is 0 Å². The Kier molecular flexibility index (Phi) is 7.04. The van der Waals surface area contributed by atoms with Gasteiger partial charge in [0.1, 0.15) is 12.4 Å². The Bertz CT molecular complexity index is 1020. The molecule has 0 radical (unpaired) electrons. The van der Waals surface area contributed by atoms with E-state index in [1.807, 2.05) is 42.8 Å². The maximum Gasteiger partial charge on any atom is 0.227 e. The van der Waals surface area contributed by atoms with Crippen LogP contribution in [0, 0.1) is 0 Å². The summed E-state index contributed by atoms with van der Waals surface area (Å²) in [6.07, 6.45) is 5.00. The van der Waals surface area contributed by atoms with Crippen LogP contribution in [-0.2, 0) is 17.8 Å². The second-order valence-electron chi connectivity index (χ2n) is 6.88. The highest BCUT2D eigenvalue weighted by Gasteiger charge is 2.21. The molecule has 7 heteroatoms. The summed E-state index contributed by atoms with van der Waals surface area (Å²) in [6.45, 7) is 4.41. The van der Waals surface area contributed by atoms with Crippen LogP contribution in [0.2, 0.25) is 10.0 Å². The number of aryl methyl sites for hydroxylation is 1. The summed E-state index contributed by atoms with van der Waals surface area (Å²) >= 11 is 12.2. The first-order valence-corrected chi connectivity index (χ1v) is 10.5. The fourth-order valence-corrected chi connectivity index (χ4v) is 3.65. The third-order valence-electron chi connectivity index (χ3n) is 4.83. The number of halogens is 2. The minimum atomic E-state index is 0.0858. The Balaban J connectivity index is 1.92. The number of unbranched alkanes of at least 4 members (excludes halogenated alkanes) is 1. The molecule has 0 atom stereocenters. The van der Waals surface area contributed by atoms with Crippen molar-refractivity contribution in [3.05, 3.63) is 57.8 Å². The number of carbonyl (C=O) groups is 1. The third-order valence-corrected chi connectivity index (χ3v) is 5.41. The van der Waals surface area contributed by atoms with E-state index in [0.29, 0.717) is 40.9 Å². The summed E-state index contributed by atoms with van der Waals surface area (Å²) in [7, 11) is 1.81. The molecule has 0 aliphatic rings. The molecule has 0 unspecified atom stereocenters. The van der Waals surface area contributed by atoms with Crippen molar-refractivity contribution in [2.45, 2.75) is 46.1 Å². The number of pyridine rings is 1. The average molecular weight is 434 g/mol. The van der Waals surface area contributed by atoms with Gasteiger partial charge in [-0.3, -0.25) is 14.1 Å². The number of rotatable bonds is 8. The van der Waals surface area contributed by atoms with Gasteiger partial charge in [0.25, 0.3) is 0 Å². The zero-order chi connectivity index (χ0) is 21.0. The highest BCUT2D eigenvalue weighted by atomic mass is 35.5. The highest BCUT2D eigenvalue weighted by Crippen LogP contribution is 2.30. The summed E-state index contributed by atoms with van der Waals surface area (Å²) in [5, 5.41) is 1.14. The number of benzene rings is 1. The van der Waals surface area contributed by atoms with Crippen LogP contribution in [-0.4, -0.2) is 22.3 Å². The topological polar surface area (TPSA) is 46.8 Å². The molecule has 0 aliphatic heterocycles. The summed E-state index contributed by atoms with van der Waals surface area (Å²) in [5.41, 5.74) is 2.38. The lowest BCUT2D eigenvalue weighted by molar-refractivity contribution is -0.118. The largest absolute Gasteiger partial charge is 0.485 e. The molecule has 0 saturated heterocycles. The predicted octanol–water partition coefficient (Wildman–Crippen LogP) is 5.94. The molecule has 5 nitrogen and oxygen atoms in total. The van der Waals surface area contributed by atoms with Gasteiger partial charge in [-0.2, -0.15) is 0 Å². The summed E-state index contributed by atoms with van der Waals surface area (Å²) in [6, 6.07) is 9.09. The lowest BCUT2D eigenvalue weighted by Crippen LogP contribution is -2.28. The molecular weight excluding hydrogens is 409 g/mol. The Morgan fingerprint density at radius 2 is 2.03 bits per heavy atom. The van der Waals surface area contributed by atoms with Crippen molar-refractivity contribution in [1.82, 2.24) is 9.38 Å². The van der Waals surface area contributed by atoms with Crippen molar-refractivity contribution in [2.24, 2.45) is 0 Å². The van der Waals surface area contributed by atoms with Crippen molar-refractivity contribution < 1.29 is 9.53 Å². The molecule has 154 valence electrons. The van der Waals surface area contributed by atoms with Gasteiger partial charge in [-0.25, -0.2) is 4.98 Å². The number of hydrogen-bond donors (Lipinski definition) is 0. The molecule has 29 heavy (non-hydrogen) atoms. The Morgan fingerprint density at radius 1 is 1.24 bits per heavy atom. The molecule has 1 amide bonds. The molecule has 0 bridgehead atoms. The average Bonchev–Trinajstić information content (AvgIpc) is 3.10. The fraction of sp³-hybridized carbons (Fsp3) is 0.364. The van der Waals surface area contributed by atoms with Crippen LogP contribution in [0.4, 0.5) is 5.82 Å². The first-order chi connectivity index (χ1) is 14.0. The molecular formula is C22H25Cl2N3O2. The van der Waals surface area contributed by atoms with Gasteiger partial charge in [0, 0.05) is 35.3 Å². The maximum atomic E-state index is 12.6. The van der Waals surface area contributed by atoms with Gasteiger partial charge in [-0.1, -0.05) is 49.5 Å². The number of amides is 1. The number of fused-ring (bicyclic) bond motifs is 1. The van der Waals surface area contributed by atoms with Crippen LogP contribution in [0.3, 0.4) is 0 Å². The molecule has 2 heterocycles. The van der Waals surface area contributed by atoms with Gasteiger partial charge >= 0.3 is 0 Å². The quantitative estimate of drug-likeness (QED) is 0.441. The van der Waals surface area contributed by atoms with Gasteiger partial charge in [-0.05, 0) is 37.1 Å². The van der Waals surface area contributed by atoms with Crippen LogP contribution in [0.1, 0.15) is 44.4 Å². The zero-order valence-electron chi connectivity index (χ0n) is 16.9. The fourth-order valence-electron chi connectivity index (χ4n) is 3.19. The van der Waals surface area contributed by atoms with Crippen LogP contribution in [0.5, 0.6) is 5.75 Å². The van der Waals surface area contributed by atoms with E-state index in [0.717, 1.165) is 29.9 Å². The van der Waals surface area contributed by atoms with Crippen LogP contribution in [0.25, 0.3) is 5.65 Å². The number of imidazole rings is 1. The Labute approximate surface area is 181 Å². The second kappa shape index (κ2) is 9.51. The molecule has 3 rings (SSSR count). The first kappa shape index (κ1) is 21.5. The highest BCUT2D eigenvalue weighted by molar-refractivity contribution is 6.35. The van der Waals surface area contributed by atoms with E-state index in [1.165, 1.54) is 0 Å². The minimum absolute atomic E-state index is 0.0858. The number of nitrogens with zero attached hydrogens (tertiary/aromatic N) is 3. The second-order valence-corrected chi connectivity index (χ2v) is 7.73. The number of aromatic nitrogens is 2. The molecule has 0 fully saturated rings. The van der Waals surface area contributed by atoms with Crippen LogP contribution >= 0.6 is 23.2 Å². The smallest absolute Gasteiger partial charge is 0.227 e. The van der Waals surface area contributed by atoms with E-state index in [9.17, 15) is 4.79 Å². The van der Waals surface area contributed by atoms with E-state index in [-0.39, 0.29) is 5.91 Å². The van der Waals surface area contributed by atoms with Gasteiger partial charge in [0.15, 0.2) is 11.4 Å². The molecule has 0 spiro atoms. The van der Waals surface area contributed by atoms with E-state index in [1.54, 1.807) is 17.0 Å². The zero-order valence-corrected chi connectivity index (χ0v) is 18.4. The van der Waals surface area contributed by atoms with Gasteiger partial charge < -0.3 is 4.74 Å². The molecule has 2 aromatic heterocycles. The minimum Gasteiger partial charge on any atom is -0.485 e. The molecule has 1 aromatic carbocycles. The lowest BCUT2D eigenvalue weighted by atomic mass is 10.2. The normalized spacial score (nSPS) is 11.1. The summed E-state index contributed by atoms with van der Waals surface area (Å²) < 4.78 is 7.95. The number of ether oxygens (including phenoxy) is 1. The number of carbonyl (C=O) groups excluding carboxylic acids is 1. The Morgan fingerprint density at radius 3 is 2.72 bits per heavy atom. The number of hydrogen-bond acceptors (Lipinski definition) is 3. The van der Waals surface area contributed by atoms with Crippen molar-refractivity contribution >= 4 is 40.6 Å². The summed E-state index contributed by atoms with van der Waals surface area (Å²) in [5.74, 6) is 1.51. The first-order valence-electron chi connectivity index (χ1n) is 9.79. The van der Waals surface area contributed by atoms with Crippen LogP contribution in [0.15, 0.2) is 36.5 Å². The number of anilines is 1. The summed E-state index contributed by atoms with van der Waals surface area (Å²) in [4.78, 5) is 19.1. The van der Waals surface area contributed by atoms with E-state index in [4.69, 9.17) is 32.9 Å². The van der Waals surface area contributed by atoms with E-state index >= 15 is 0 Å². The molecule has 0 N–H and O–H groups in total. The molecule has 0 aliphatic carbocycles. The van der Waals surface area contributed by atoms with Gasteiger partial charge in [-0.15, -0.1) is 0 Å². The van der Waals surface area contributed by atoms with Crippen molar-refractivity contribution in [2.75, 3.05) is 11.9 Å². The SMILES string of the molecule is CCCCC(=O)N(C)c1c(CC)nc2c(OCc3ccc(Cl)cc3Cl)cccn12.